The zero-order valence-corrected chi connectivity index (χ0v) is 12.2. The molecular formula is C16H13NO3S. The number of amides is 1. The molecule has 2 aromatic carbocycles. The second kappa shape index (κ2) is 5.61. The van der Waals surface area contributed by atoms with Gasteiger partial charge in [0.15, 0.2) is 0 Å². The Balaban J connectivity index is 2.18. The molecular weight excluding hydrogens is 286 g/mol. The topological polar surface area (TPSA) is 55.4 Å². The molecule has 5 heteroatoms. The SMILES string of the molecule is COc1ccc2ccccc2c1/C=C1\SC(=O)CNC1=O. The fourth-order valence-electron chi connectivity index (χ4n) is 2.27. The molecule has 0 saturated carbocycles. The number of rotatable bonds is 2. The number of hydrogen-bond donors (Lipinski definition) is 1. The van der Waals surface area contributed by atoms with Gasteiger partial charge in [0.1, 0.15) is 5.75 Å². The highest BCUT2D eigenvalue weighted by atomic mass is 32.2. The summed E-state index contributed by atoms with van der Waals surface area (Å²) >= 11 is 0.972. The highest BCUT2D eigenvalue weighted by Gasteiger charge is 2.22. The van der Waals surface area contributed by atoms with Crippen molar-refractivity contribution < 1.29 is 14.3 Å². The largest absolute Gasteiger partial charge is 0.496 e. The van der Waals surface area contributed by atoms with Gasteiger partial charge in [-0.1, -0.05) is 30.3 Å². The third-order valence-corrected chi connectivity index (χ3v) is 4.16. The Hall–Kier alpha value is -2.27. The number of carbonyl (C=O) groups is 2. The molecule has 21 heavy (non-hydrogen) atoms. The lowest BCUT2D eigenvalue weighted by atomic mass is 10.0. The summed E-state index contributed by atoms with van der Waals surface area (Å²) < 4.78 is 5.39. The summed E-state index contributed by atoms with van der Waals surface area (Å²) in [6, 6.07) is 11.7. The minimum atomic E-state index is -0.227. The van der Waals surface area contributed by atoms with Crippen LogP contribution in [0.5, 0.6) is 5.75 Å². The van der Waals surface area contributed by atoms with Gasteiger partial charge >= 0.3 is 0 Å². The van der Waals surface area contributed by atoms with Crippen molar-refractivity contribution in [3.8, 4) is 5.75 Å². The van der Waals surface area contributed by atoms with E-state index in [2.05, 4.69) is 5.32 Å². The highest BCUT2D eigenvalue weighted by molar-refractivity contribution is 8.18. The molecule has 1 saturated heterocycles. The quantitative estimate of drug-likeness (QED) is 0.866. The molecule has 3 rings (SSSR count). The summed E-state index contributed by atoms with van der Waals surface area (Å²) in [5, 5.41) is 4.54. The van der Waals surface area contributed by atoms with E-state index in [-0.39, 0.29) is 17.6 Å². The summed E-state index contributed by atoms with van der Waals surface area (Å²) in [6.45, 7) is 0.0769. The number of nitrogens with one attached hydrogen (secondary N) is 1. The third kappa shape index (κ3) is 2.64. The Morgan fingerprint density at radius 3 is 2.81 bits per heavy atom. The number of fused-ring (bicyclic) bond motifs is 1. The van der Waals surface area contributed by atoms with Gasteiger partial charge in [-0.3, -0.25) is 9.59 Å². The molecule has 1 fully saturated rings. The first-order valence-corrected chi connectivity index (χ1v) is 7.27. The molecule has 1 N–H and O–H groups in total. The van der Waals surface area contributed by atoms with Crippen molar-refractivity contribution in [1.82, 2.24) is 5.32 Å². The van der Waals surface area contributed by atoms with Crippen LogP contribution in [0, 0.1) is 0 Å². The van der Waals surface area contributed by atoms with Crippen LogP contribution in [0.25, 0.3) is 16.8 Å². The molecule has 2 aromatic rings. The zero-order valence-electron chi connectivity index (χ0n) is 11.4. The van der Waals surface area contributed by atoms with Crippen molar-refractivity contribution in [3.63, 3.8) is 0 Å². The average Bonchev–Trinajstić information content (AvgIpc) is 2.51. The molecule has 0 radical (unpaired) electrons. The van der Waals surface area contributed by atoms with E-state index in [9.17, 15) is 9.59 Å². The van der Waals surface area contributed by atoms with Gasteiger partial charge in [0.2, 0.25) is 5.12 Å². The van der Waals surface area contributed by atoms with Gasteiger partial charge in [0.05, 0.1) is 18.6 Å². The smallest absolute Gasteiger partial charge is 0.258 e. The maximum absolute atomic E-state index is 11.9. The fourth-order valence-corrected chi connectivity index (χ4v) is 3.00. The lowest BCUT2D eigenvalue weighted by molar-refractivity contribution is -0.120. The van der Waals surface area contributed by atoms with Crippen molar-refractivity contribution in [1.29, 1.82) is 0 Å². The van der Waals surface area contributed by atoms with Gasteiger partial charge in [0.25, 0.3) is 5.91 Å². The lowest BCUT2D eigenvalue weighted by Gasteiger charge is -2.15. The molecule has 106 valence electrons. The zero-order chi connectivity index (χ0) is 14.8. The van der Waals surface area contributed by atoms with E-state index in [1.165, 1.54) is 0 Å². The second-order valence-corrected chi connectivity index (χ2v) is 5.67. The predicted molar refractivity (Wildman–Crippen MR) is 84.1 cm³/mol. The molecule has 1 amide bonds. The number of ether oxygens (including phenoxy) is 1. The minimum absolute atomic E-state index is 0.0694. The maximum Gasteiger partial charge on any atom is 0.258 e. The standard InChI is InChI=1S/C16H13NO3S/c1-20-13-7-6-10-4-2-3-5-11(10)12(13)8-14-16(19)17-9-15(18)21-14/h2-8H,9H2,1H3,(H,17,19)/b14-8-. The Morgan fingerprint density at radius 1 is 1.19 bits per heavy atom. The van der Waals surface area contributed by atoms with E-state index in [1.54, 1.807) is 13.2 Å². The van der Waals surface area contributed by atoms with Crippen molar-refractivity contribution in [2.75, 3.05) is 13.7 Å². The van der Waals surface area contributed by atoms with Gasteiger partial charge in [-0.15, -0.1) is 0 Å². The number of hydrogen-bond acceptors (Lipinski definition) is 4. The molecule has 4 nitrogen and oxygen atoms in total. The van der Waals surface area contributed by atoms with Crippen LogP contribution in [0.2, 0.25) is 0 Å². The van der Waals surface area contributed by atoms with E-state index in [1.807, 2.05) is 36.4 Å². The number of methoxy groups -OCH3 is 1. The van der Waals surface area contributed by atoms with E-state index >= 15 is 0 Å². The molecule has 0 atom stereocenters. The van der Waals surface area contributed by atoms with Crippen molar-refractivity contribution in [2.24, 2.45) is 0 Å². The number of carbonyl (C=O) groups excluding carboxylic acids is 2. The summed E-state index contributed by atoms with van der Waals surface area (Å²) in [7, 11) is 1.59. The third-order valence-electron chi connectivity index (χ3n) is 3.27. The summed E-state index contributed by atoms with van der Waals surface area (Å²) in [5.74, 6) is 0.446. The molecule has 0 unspecified atom stereocenters. The van der Waals surface area contributed by atoms with Gasteiger partial charge in [-0.25, -0.2) is 0 Å². The highest BCUT2D eigenvalue weighted by Crippen LogP contribution is 2.32. The predicted octanol–water partition coefficient (Wildman–Crippen LogP) is 2.58. The fraction of sp³-hybridized carbons (Fsp3) is 0.125. The Bertz CT molecular complexity index is 767. The van der Waals surface area contributed by atoms with Crippen LogP contribution in [0.1, 0.15) is 5.56 Å². The summed E-state index contributed by atoms with van der Waals surface area (Å²) in [5.41, 5.74) is 0.808. The van der Waals surface area contributed by atoms with Crippen LogP contribution in [0.15, 0.2) is 41.3 Å². The van der Waals surface area contributed by atoms with E-state index < -0.39 is 0 Å². The van der Waals surface area contributed by atoms with Crippen LogP contribution in [0.4, 0.5) is 0 Å². The monoisotopic (exact) mass is 299 g/mol. The van der Waals surface area contributed by atoms with Crippen LogP contribution in [-0.2, 0) is 9.59 Å². The number of benzene rings is 2. The minimum Gasteiger partial charge on any atom is -0.496 e. The Labute approximate surface area is 126 Å². The molecule has 1 aliphatic heterocycles. The normalized spacial score (nSPS) is 17.1. The van der Waals surface area contributed by atoms with Crippen LogP contribution in [-0.4, -0.2) is 24.7 Å². The first-order chi connectivity index (χ1) is 10.2. The lowest BCUT2D eigenvalue weighted by Crippen LogP contribution is -2.33. The van der Waals surface area contributed by atoms with Gasteiger partial charge in [0, 0.05) is 5.56 Å². The molecule has 0 spiro atoms. The van der Waals surface area contributed by atoms with Crippen LogP contribution < -0.4 is 10.1 Å². The van der Waals surface area contributed by atoms with Gasteiger partial charge in [-0.2, -0.15) is 0 Å². The first kappa shape index (κ1) is 13.7. The van der Waals surface area contributed by atoms with Crippen molar-refractivity contribution in [2.45, 2.75) is 0 Å². The summed E-state index contributed by atoms with van der Waals surface area (Å²) in [6.07, 6.45) is 1.72. The van der Waals surface area contributed by atoms with E-state index in [0.717, 1.165) is 28.1 Å². The second-order valence-electron chi connectivity index (χ2n) is 4.57. The average molecular weight is 299 g/mol. The Kier molecular flexibility index (Phi) is 3.66. The molecule has 0 bridgehead atoms. The molecule has 0 aliphatic carbocycles. The van der Waals surface area contributed by atoms with Gasteiger partial charge < -0.3 is 10.1 Å². The van der Waals surface area contributed by atoms with Gasteiger partial charge in [-0.05, 0) is 34.7 Å². The summed E-state index contributed by atoms with van der Waals surface area (Å²) in [4.78, 5) is 23.8. The maximum atomic E-state index is 11.9. The first-order valence-electron chi connectivity index (χ1n) is 6.45. The molecule has 0 aromatic heterocycles. The van der Waals surface area contributed by atoms with Crippen molar-refractivity contribution in [3.05, 3.63) is 46.9 Å². The van der Waals surface area contributed by atoms with Crippen molar-refractivity contribution >= 4 is 39.6 Å². The van der Waals surface area contributed by atoms with E-state index in [0.29, 0.717) is 10.7 Å². The molecule has 1 heterocycles. The van der Waals surface area contributed by atoms with Crippen LogP contribution >= 0.6 is 11.8 Å². The van der Waals surface area contributed by atoms with E-state index in [4.69, 9.17) is 4.74 Å². The van der Waals surface area contributed by atoms with Crippen LogP contribution in [0.3, 0.4) is 0 Å². The Morgan fingerprint density at radius 2 is 2.00 bits per heavy atom. The number of thioether (sulfide) groups is 1. The molecule has 1 aliphatic rings.